The first-order chi connectivity index (χ1) is 13.4. The molecule has 27 heavy (non-hydrogen) atoms. The van der Waals surface area contributed by atoms with Crippen LogP contribution in [0, 0.1) is 0 Å². The Bertz CT molecular complexity index is 821. The molecule has 0 unspecified atom stereocenters. The molecule has 3 rings (SSSR count). The fourth-order valence-electron chi connectivity index (χ4n) is 2.85. The molecule has 0 aliphatic carbocycles. The van der Waals surface area contributed by atoms with E-state index in [1.807, 2.05) is 43.5 Å². The Morgan fingerprint density at radius 2 is 1.56 bits per heavy atom. The molecule has 3 aromatic rings. The second-order valence-corrected chi connectivity index (χ2v) is 6.27. The van der Waals surface area contributed by atoms with E-state index in [4.69, 9.17) is 9.47 Å². The minimum atomic E-state index is 0.516. The molecule has 0 spiro atoms. The van der Waals surface area contributed by atoms with Crippen LogP contribution in [0.15, 0.2) is 73.1 Å². The van der Waals surface area contributed by atoms with E-state index in [0.717, 1.165) is 36.6 Å². The van der Waals surface area contributed by atoms with E-state index in [1.54, 1.807) is 6.20 Å². The summed E-state index contributed by atoms with van der Waals surface area (Å²) in [5, 5.41) is 3.53. The van der Waals surface area contributed by atoms with Gasteiger partial charge in [-0.1, -0.05) is 48.5 Å². The zero-order valence-electron chi connectivity index (χ0n) is 15.7. The molecule has 0 radical (unpaired) electrons. The summed E-state index contributed by atoms with van der Waals surface area (Å²) in [7, 11) is 0. The number of rotatable bonds is 10. The lowest BCUT2D eigenvalue weighted by molar-refractivity contribution is 0.133. The number of hydrogen-bond acceptors (Lipinski definition) is 4. The van der Waals surface area contributed by atoms with Crippen LogP contribution in [0.2, 0.25) is 0 Å². The molecule has 0 amide bonds. The molecule has 4 nitrogen and oxygen atoms in total. The predicted octanol–water partition coefficient (Wildman–Crippen LogP) is 4.49. The summed E-state index contributed by atoms with van der Waals surface area (Å²) in [6.45, 7) is 5.44. The highest BCUT2D eigenvalue weighted by Gasteiger charge is 2.05. The summed E-state index contributed by atoms with van der Waals surface area (Å²) in [5.41, 5.74) is 4.70. The Labute approximate surface area is 161 Å². The Morgan fingerprint density at radius 3 is 2.33 bits per heavy atom. The van der Waals surface area contributed by atoms with Crippen LogP contribution in [0.5, 0.6) is 5.75 Å². The third kappa shape index (κ3) is 5.91. The van der Waals surface area contributed by atoms with Gasteiger partial charge in [-0.15, -0.1) is 0 Å². The van der Waals surface area contributed by atoms with Crippen LogP contribution in [0.25, 0.3) is 0 Å². The van der Waals surface area contributed by atoms with Crippen LogP contribution in [0.4, 0.5) is 0 Å². The zero-order chi connectivity index (χ0) is 18.7. The fourth-order valence-corrected chi connectivity index (χ4v) is 2.85. The van der Waals surface area contributed by atoms with Gasteiger partial charge in [-0.25, -0.2) is 0 Å². The van der Waals surface area contributed by atoms with Crippen molar-refractivity contribution in [1.82, 2.24) is 10.3 Å². The number of ether oxygens (including phenoxy) is 2. The van der Waals surface area contributed by atoms with E-state index >= 15 is 0 Å². The van der Waals surface area contributed by atoms with Crippen LogP contribution in [0.1, 0.15) is 29.2 Å². The lowest BCUT2D eigenvalue weighted by Crippen LogP contribution is -2.15. The van der Waals surface area contributed by atoms with E-state index in [9.17, 15) is 0 Å². The summed E-state index contributed by atoms with van der Waals surface area (Å²) in [4.78, 5) is 4.13. The minimum Gasteiger partial charge on any atom is -0.489 e. The van der Waals surface area contributed by atoms with Crippen molar-refractivity contribution < 1.29 is 9.47 Å². The topological polar surface area (TPSA) is 43.4 Å². The second kappa shape index (κ2) is 10.5. The third-order valence-corrected chi connectivity index (χ3v) is 4.30. The maximum atomic E-state index is 6.00. The van der Waals surface area contributed by atoms with Gasteiger partial charge in [0.2, 0.25) is 0 Å². The van der Waals surface area contributed by atoms with Crippen molar-refractivity contribution in [1.29, 1.82) is 0 Å². The molecule has 0 fully saturated rings. The SMILES string of the molecule is CCOCc1ccccc1CNCc1ccccc1OCc1cccnc1. The number of pyridine rings is 1. The summed E-state index contributed by atoms with van der Waals surface area (Å²) < 4.78 is 11.6. The van der Waals surface area contributed by atoms with Crippen molar-refractivity contribution in [3.05, 3.63) is 95.3 Å². The molecule has 2 aromatic carbocycles. The van der Waals surface area contributed by atoms with Crippen LogP contribution < -0.4 is 10.1 Å². The van der Waals surface area contributed by atoms with E-state index in [2.05, 4.69) is 40.6 Å². The summed E-state index contributed by atoms with van der Waals surface area (Å²) >= 11 is 0. The molecule has 1 N–H and O–H groups in total. The van der Waals surface area contributed by atoms with Crippen LogP contribution in [-0.4, -0.2) is 11.6 Å². The summed E-state index contributed by atoms with van der Waals surface area (Å²) in [6, 6.07) is 20.5. The quantitative estimate of drug-likeness (QED) is 0.577. The molecular formula is C23H26N2O2. The lowest BCUT2D eigenvalue weighted by Gasteiger charge is -2.14. The Kier molecular flexibility index (Phi) is 7.39. The highest BCUT2D eigenvalue weighted by molar-refractivity contribution is 5.34. The predicted molar refractivity (Wildman–Crippen MR) is 107 cm³/mol. The van der Waals surface area contributed by atoms with Crippen molar-refractivity contribution >= 4 is 0 Å². The van der Waals surface area contributed by atoms with Crippen molar-refractivity contribution in [2.45, 2.75) is 33.2 Å². The Morgan fingerprint density at radius 1 is 0.815 bits per heavy atom. The number of nitrogens with one attached hydrogen (secondary N) is 1. The molecule has 0 saturated carbocycles. The van der Waals surface area contributed by atoms with E-state index < -0.39 is 0 Å². The van der Waals surface area contributed by atoms with Gasteiger partial charge in [-0.3, -0.25) is 4.98 Å². The van der Waals surface area contributed by atoms with Gasteiger partial charge in [-0.05, 0) is 30.2 Å². The molecular weight excluding hydrogens is 336 g/mol. The average molecular weight is 362 g/mol. The molecule has 0 saturated heterocycles. The molecule has 140 valence electrons. The van der Waals surface area contributed by atoms with Gasteiger partial charge in [0.1, 0.15) is 12.4 Å². The maximum absolute atomic E-state index is 6.00. The van der Waals surface area contributed by atoms with Gasteiger partial charge in [-0.2, -0.15) is 0 Å². The first kappa shape index (κ1) is 19.1. The number of benzene rings is 2. The largest absolute Gasteiger partial charge is 0.489 e. The van der Waals surface area contributed by atoms with E-state index in [0.29, 0.717) is 13.2 Å². The standard InChI is InChI=1S/C23H26N2O2/c1-2-26-18-22-11-4-3-9-20(22)15-25-16-21-10-5-6-12-23(21)27-17-19-8-7-13-24-14-19/h3-14,25H,2,15-18H2,1H3. The highest BCUT2D eigenvalue weighted by atomic mass is 16.5. The van der Waals surface area contributed by atoms with Crippen LogP contribution in [-0.2, 0) is 31.0 Å². The molecule has 4 heteroatoms. The minimum absolute atomic E-state index is 0.516. The van der Waals surface area contributed by atoms with Crippen molar-refractivity contribution in [2.75, 3.05) is 6.61 Å². The van der Waals surface area contributed by atoms with E-state index in [-0.39, 0.29) is 0 Å². The van der Waals surface area contributed by atoms with Gasteiger partial charge in [0.25, 0.3) is 0 Å². The smallest absolute Gasteiger partial charge is 0.124 e. The molecule has 1 aromatic heterocycles. The summed E-state index contributed by atoms with van der Waals surface area (Å²) in [5.74, 6) is 0.899. The van der Waals surface area contributed by atoms with Crippen molar-refractivity contribution in [3.63, 3.8) is 0 Å². The number of para-hydroxylation sites is 1. The zero-order valence-corrected chi connectivity index (χ0v) is 15.7. The van der Waals surface area contributed by atoms with Gasteiger partial charge in [0.05, 0.1) is 6.61 Å². The normalized spacial score (nSPS) is 10.7. The molecule has 0 aliphatic rings. The fraction of sp³-hybridized carbons (Fsp3) is 0.261. The Hall–Kier alpha value is -2.69. The molecule has 1 heterocycles. The average Bonchev–Trinajstić information content (AvgIpc) is 2.73. The second-order valence-electron chi connectivity index (χ2n) is 6.27. The lowest BCUT2D eigenvalue weighted by atomic mass is 10.1. The van der Waals surface area contributed by atoms with Crippen LogP contribution >= 0.6 is 0 Å². The first-order valence-corrected chi connectivity index (χ1v) is 9.31. The summed E-state index contributed by atoms with van der Waals surface area (Å²) in [6.07, 6.45) is 3.60. The third-order valence-electron chi connectivity index (χ3n) is 4.30. The first-order valence-electron chi connectivity index (χ1n) is 9.31. The van der Waals surface area contributed by atoms with E-state index in [1.165, 1.54) is 11.1 Å². The van der Waals surface area contributed by atoms with Crippen molar-refractivity contribution in [3.8, 4) is 5.75 Å². The van der Waals surface area contributed by atoms with Gasteiger partial charge in [0, 0.05) is 43.2 Å². The van der Waals surface area contributed by atoms with Crippen molar-refractivity contribution in [2.24, 2.45) is 0 Å². The highest BCUT2D eigenvalue weighted by Crippen LogP contribution is 2.19. The molecule has 0 atom stereocenters. The Balaban J connectivity index is 1.57. The number of hydrogen-bond donors (Lipinski definition) is 1. The molecule has 0 bridgehead atoms. The number of nitrogens with zero attached hydrogens (tertiary/aromatic N) is 1. The van der Waals surface area contributed by atoms with Crippen LogP contribution in [0.3, 0.4) is 0 Å². The van der Waals surface area contributed by atoms with Gasteiger partial charge >= 0.3 is 0 Å². The number of aromatic nitrogens is 1. The monoisotopic (exact) mass is 362 g/mol. The van der Waals surface area contributed by atoms with Gasteiger partial charge in [0.15, 0.2) is 0 Å². The van der Waals surface area contributed by atoms with Gasteiger partial charge < -0.3 is 14.8 Å². The maximum Gasteiger partial charge on any atom is 0.124 e. The molecule has 0 aliphatic heterocycles.